The number of rotatable bonds is 6. The second-order valence-corrected chi connectivity index (χ2v) is 7.86. The molecule has 1 aliphatic heterocycles. The van der Waals surface area contributed by atoms with Gasteiger partial charge in [-0.3, -0.25) is 9.59 Å². The molecule has 26 heavy (non-hydrogen) atoms. The number of nitrogens with one attached hydrogen (secondary N) is 1. The normalized spacial score (nSPS) is 19.5. The fourth-order valence-electron chi connectivity index (χ4n) is 3.69. The summed E-state index contributed by atoms with van der Waals surface area (Å²) in [5.41, 5.74) is 1.82. The Bertz CT molecular complexity index is 755. The highest BCUT2D eigenvalue weighted by molar-refractivity contribution is 7.13. The van der Waals surface area contributed by atoms with Gasteiger partial charge < -0.3 is 10.2 Å². The minimum atomic E-state index is -0.523. The van der Waals surface area contributed by atoms with Crippen molar-refractivity contribution in [3.8, 4) is 10.4 Å². The van der Waals surface area contributed by atoms with Crippen molar-refractivity contribution in [3.63, 3.8) is 0 Å². The second kappa shape index (κ2) is 8.04. The van der Waals surface area contributed by atoms with Crippen LogP contribution >= 0.6 is 11.3 Å². The summed E-state index contributed by atoms with van der Waals surface area (Å²) in [5, 5.41) is 5.06. The first kappa shape index (κ1) is 18.6. The number of likely N-dealkylation sites (tertiary alicyclic amines) is 1. The summed E-state index contributed by atoms with van der Waals surface area (Å²) in [6.45, 7) is 5.60. The quantitative estimate of drug-likeness (QED) is 0.842. The van der Waals surface area contributed by atoms with Crippen LogP contribution < -0.4 is 5.32 Å². The molecular weight excluding hydrogens is 344 g/mol. The molecule has 2 amide bonds. The molecular formula is C21H26N2O2S. The Labute approximate surface area is 159 Å². The molecule has 3 rings (SSSR count). The van der Waals surface area contributed by atoms with Gasteiger partial charge in [-0.25, -0.2) is 0 Å². The third-order valence-electron chi connectivity index (χ3n) is 5.13. The summed E-state index contributed by atoms with van der Waals surface area (Å²) in [7, 11) is 0. The van der Waals surface area contributed by atoms with Gasteiger partial charge >= 0.3 is 0 Å². The lowest BCUT2D eigenvalue weighted by molar-refractivity contribution is -0.133. The molecule has 4 nitrogen and oxygen atoms in total. The van der Waals surface area contributed by atoms with Crippen LogP contribution in [-0.2, 0) is 16.0 Å². The van der Waals surface area contributed by atoms with Gasteiger partial charge in [0, 0.05) is 30.9 Å². The van der Waals surface area contributed by atoms with Gasteiger partial charge in [0.1, 0.15) is 0 Å². The average molecular weight is 371 g/mol. The third-order valence-corrected chi connectivity index (χ3v) is 6.05. The van der Waals surface area contributed by atoms with Crippen molar-refractivity contribution in [3.05, 3.63) is 47.3 Å². The van der Waals surface area contributed by atoms with E-state index in [0.29, 0.717) is 32.5 Å². The van der Waals surface area contributed by atoms with Crippen molar-refractivity contribution >= 4 is 23.2 Å². The first-order valence-electron chi connectivity index (χ1n) is 9.27. The number of carbonyl (C=O) groups is 2. The number of carbonyl (C=O) groups excluding carboxylic acids is 2. The van der Waals surface area contributed by atoms with E-state index in [1.165, 1.54) is 10.4 Å². The molecule has 0 saturated carbocycles. The smallest absolute Gasteiger partial charge is 0.228 e. The zero-order chi connectivity index (χ0) is 18.6. The first-order valence-corrected chi connectivity index (χ1v) is 10.1. The van der Waals surface area contributed by atoms with Crippen molar-refractivity contribution < 1.29 is 9.59 Å². The second-order valence-electron chi connectivity index (χ2n) is 6.91. The summed E-state index contributed by atoms with van der Waals surface area (Å²) < 4.78 is 0. The predicted molar refractivity (Wildman–Crippen MR) is 106 cm³/mol. The van der Waals surface area contributed by atoms with Crippen molar-refractivity contribution in [2.45, 2.75) is 33.1 Å². The van der Waals surface area contributed by atoms with E-state index >= 15 is 0 Å². The van der Waals surface area contributed by atoms with Gasteiger partial charge in [0.05, 0.1) is 5.41 Å². The summed E-state index contributed by atoms with van der Waals surface area (Å²) in [6.07, 6.45) is 1.87. The fraction of sp³-hybridized carbons (Fsp3) is 0.429. The molecule has 0 spiro atoms. The van der Waals surface area contributed by atoms with Crippen LogP contribution in [0.25, 0.3) is 10.4 Å². The van der Waals surface area contributed by atoms with Crippen molar-refractivity contribution in [2.75, 3.05) is 19.6 Å². The SMILES string of the molecule is CCNC(=O)[C@]1(Cc2ccc(-c3cccs3)cc2)CCN(C(=O)CC)C1. The Balaban J connectivity index is 1.80. The van der Waals surface area contributed by atoms with Gasteiger partial charge in [-0.05, 0) is 42.3 Å². The highest BCUT2D eigenvalue weighted by Gasteiger charge is 2.45. The van der Waals surface area contributed by atoms with Gasteiger partial charge in [0.25, 0.3) is 0 Å². The molecule has 2 aromatic rings. The first-order chi connectivity index (χ1) is 12.6. The summed E-state index contributed by atoms with van der Waals surface area (Å²) >= 11 is 1.72. The lowest BCUT2D eigenvalue weighted by Crippen LogP contribution is -2.45. The van der Waals surface area contributed by atoms with Gasteiger partial charge in [0.2, 0.25) is 11.8 Å². The third kappa shape index (κ3) is 3.83. The molecule has 0 unspecified atom stereocenters. The predicted octanol–water partition coefficient (Wildman–Crippen LogP) is 3.72. The number of thiophene rings is 1. The fourth-order valence-corrected chi connectivity index (χ4v) is 4.42. The van der Waals surface area contributed by atoms with Crippen LogP contribution in [0.1, 0.15) is 32.3 Å². The largest absolute Gasteiger partial charge is 0.356 e. The molecule has 1 fully saturated rings. The summed E-state index contributed by atoms with van der Waals surface area (Å²) in [4.78, 5) is 28.0. The Morgan fingerprint density at radius 1 is 1.19 bits per heavy atom. The molecule has 0 radical (unpaired) electrons. The summed E-state index contributed by atoms with van der Waals surface area (Å²) in [6, 6.07) is 12.6. The molecule has 0 aliphatic carbocycles. The zero-order valence-corrected chi connectivity index (χ0v) is 16.3. The molecule has 1 aromatic carbocycles. The van der Waals surface area contributed by atoms with Crippen LogP contribution in [0.4, 0.5) is 0 Å². The highest BCUT2D eigenvalue weighted by Crippen LogP contribution is 2.35. The Morgan fingerprint density at radius 2 is 1.96 bits per heavy atom. The Morgan fingerprint density at radius 3 is 2.58 bits per heavy atom. The van der Waals surface area contributed by atoms with Crippen LogP contribution in [0.15, 0.2) is 41.8 Å². The molecule has 138 valence electrons. The molecule has 1 atom stereocenters. The number of amides is 2. The molecule has 1 aromatic heterocycles. The maximum absolute atomic E-state index is 12.8. The topological polar surface area (TPSA) is 49.4 Å². The van der Waals surface area contributed by atoms with Crippen LogP contribution in [0, 0.1) is 5.41 Å². The van der Waals surface area contributed by atoms with Crippen molar-refractivity contribution in [1.29, 1.82) is 0 Å². The van der Waals surface area contributed by atoms with Crippen LogP contribution in [0.5, 0.6) is 0 Å². The summed E-state index contributed by atoms with van der Waals surface area (Å²) in [5.74, 6) is 0.193. The van der Waals surface area contributed by atoms with Crippen LogP contribution in [0.2, 0.25) is 0 Å². The number of hydrogen-bond donors (Lipinski definition) is 1. The highest BCUT2D eigenvalue weighted by atomic mass is 32.1. The van der Waals surface area contributed by atoms with E-state index in [0.717, 1.165) is 12.0 Å². The van der Waals surface area contributed by atoms with Crippen molar-refractivity contribution in [1.82, 2.24) is 10.2 Å². The van der Waals surface area contributed by atoms with Gasteiger partial charge in [-0.1, -0.05) is 37.3 Å². The maximum Gasteiger partial charge on any atom is 0.228 e. The van der Waals surface area contributed by atoms with Crippen LogP contribution in [0.3, 0.4) is 0 Å². The van der Waals surface area contributed by atoms with Crippen molar-refractivity contribution in [2.24, 2.45) is 5.41 Å². The van der Waals surface area contributed by atoms with Gasteiger partial charge in [-0.15, -0.1) is 11.3 Å². The molecule has 5 heteroatoms. The Kier molecular flexibility index (Phi) is 5.77. The van der Waals surface area contributed by atoms with E-state index in [1.54, 1.807) is 11.3 Å². The van der Waals surface area contributed by atoms with E-state index in [4.69, 9.17) is 0 Å². The minimum Gasteiger partial charge on any atom is -0.356 e. The van der Waals surface area contributed by atoms with E-state index in [1.807, 2.05) is 18.7 Å². The lowest BCUT2D eigenvalue weighted by atomic mass is 9.79. The van der Waals surface area contributed by atoms with Gasteiger partial charge in [0.15, 0.2) is 0 Å². The zero-order valence-electron chi connectivity index (χ0n) is 15.5. The van der Waals surface area contributed by atoms with E-state index in [2.05, 4.69) is 47.1 Å². The molecule has 0 bridgehead atoms. The van der Waals surface area contributed by atoms with E-state index < -0.39 is 5.41 Å². The van der Waals surface area contributed by atoms with E-state index in [-0.39, 0.29) is 11.8 Å². The monoisotopic (exact) mass is 370 g/mol. The number of hydrogen-bond acceptors (Lipinski definition) is 3. The molecule has 1 N–H and O–H groups in total. The average Bonchev–Trinajstić information content (AvgIpc) is 3.33. The number of benzene rings is 1. The van der Waals surface area contributed by atoms with Crippen LogP contribution in [-0.4, -0.2) is 36.3 Å². The maximum atomic E-state index is 12.8. The molecule has 1 saturated heterocycles. The Hall–Kier alpha value is -2.14. The lowest BCUT2D eigenvalue weighted by Gasteiger charge is -2.28. The number of nitrogens with zero attached hydrogens (tertiary/aromatic N) is 1. The molecule has 1 aliphatic rings. The molecule has 2 heterocycles. The van der Waals surface area contributed by atoms with E-state index in [9.17, 15) is 9.59 Å². The standard InChI is InChI=1S/C21H26N2O2S/c1-3-19(24)23-12-11-21(15-23,20(25)22-4-2)14-16-7-9-17(10-8-16)18-6-5-13-26-18/h5-10,13H,3-4,11-12,14-15H2,1-2H3,(H,22,25)/t21-/m0/s1. The van der Waals surface area contributed by atoms with Gasteiger partial charge in [-0.2, -0.15) is 0 Å². The minimum absolute atomic E-state index is 0.0636.